The lowest BCUT2D eigenvalue weighted by atomic mass is 9.69. The van der Waals surface area contributed by atoms with Crippen LogP contribution in [0.2, 0.25) is 0 Å². The third-order valence-electron chi connectivity index (χ3n) is 7.67. The standard InChI is InChI=1S/C29H23NO8/c1-14(31)28-19-9-7-5-6-8-10-20(32)29(28,38-28)16-13-18(36-3)22-23(24(16)30-19)26(34)21-15(25(22)33)11-12-17(35-2)27(21)37-4/h5-6,11-14,19-20,30-32H,1-4H3/b6-5-/t14-,19+,20-,28+,29+/m1/s1. The molecule has 0 amide bonds. The highest BCUT2D eigenvalue weighted by Gasteiger charge is 2.82. The molecule has 0 saturated carbocycles. The summed E-state index contributed by atoms with van der Waals surface area (Å²) in [5.74, 6) is 11.0. The average molecular weight is 514 g/mol. The molecule has 2 heterocycles. The second kappa shape index (κ2) is 8.11. The van der Waals surface area contributed by atoms with Crippen molar-refractivity contribution in [3.8, 4) is 40.9 Å². The minimum absolute atomic E-state index is 0.0250. The van der Waals surface area contributed by atoms with Crippen LogP contribution in [-0.4, -0.2) is 67.0 Å². The van der Waals surface area contributed by atoms with E-state index in [1.165, 1.54) is 39.5 Å². The van der Waals surface area contributed by atoms with Crippen LogP contribution >= 0.6 is 0 Å². The summed E-state index contributed by atoms with van der Waals surface area (Å²) in [6, 6.07) is 3.77. The molecule has 2 aromatic rings. The van der Waals surface area contributed by atoms with Gasteiger partial charge in [0.25, 0.3) is 0 Å². The summed E-state index contributed by atoms with van der Waals surface area (Å²) >= 11 is 0. The van der Waals surface area contributed by atoms with E-state index in [9.17, 15) is 19.8 Å². The third-order valence-corrected chi connectivity index (χ3v) is 7.67. The molecule has 0 spiro atoms. The second-order valence-corrected chi connectivity index (χ2v) is 9.33. The summed E-state index contributed by atoms with van der Waals surface area (Å²) in [6.45, 7) is 1.54. The van der Waals surface area contributed by atoms with Crippen molar-refractivity contribution in [3.05, 3.63) is 58.2 Å². The Bertz CT molecular complexity index is 1600. The van der Waals surface area contributed by atoms with Crippen LogP contribution in [0.25, 0.3) is 0 Å². The number of ether oxygens (including phenoxy) is 4. The van der Waals surface area contributed by atoms with E-state index in [4.69, 9.17) is 18.9 Å². The zero-order chi connectivity index (χ0) is 27.0. The van der Waals surface area contributed by atoms with Crippen molar-refractivity contribution in [2.75, 3.05) is 26.6 Å². The number of aliphatic hydroxyl groups excluding tert-OH is 2. The molecule has 9 nitrogen and oxygen atoms in total. The van der Waals surface area contributed by atoms with Crippen LogP contribution in [0.3, 0.4) is 0 Å². The normalized spacial score (nSPS) is 28.8. The first-order chi connectivity index (χ1) is 18.3. The van der Waals surface area contributed by atoms with Gasteiger partial charge in [-0.15, -0.1) is 0 Å². The van der Waals surface area contributed by atoms with E-state index in [2.05, 4.69) is 29.0 Å². The van der Waals surface area contributed by atoms with Gasteiger partial charge in [-0.2, -0.15) is 0 Å². The number of anilines is 1. The van der Waals surface area contributed by atoms with Gasteiger partial charge in [0.1, 0.15) is 11.8 Å². The molecule has 0 aromatic heterocycles. The quantitative estimate of drug-likeness (QED) is 0.352. The zero-order valence-electron chi connectivity index (χ0n) is 21.0. The third kappa shape index (κ3) is 2.73. The summed E-state index contributed by atoms with van der Waals surface area (Å²) < 4.78 is 22.8. The summed E-state index contributed by atoms with van der Waals surface area (Å²) in [6.07, 6.45) is 0.539. The van der Waals surface area contributed by atoms with Gasteiger partial charge in [-0.1, -0.05) is 23.7 Å². The smallest absolute Gasteiger partial charge is 0.200 e. The number of hydrogen-bond acceptors (Lipinski definition) is 9. The molecular weight excluding hydrogens is 490 g/mol. The summed E-state index contributed by atoms with van der Waals surface area (Å²) in [5.41, 5.74) is -2.09. The predicted octanol–water partition coefficient (Wildman–Crippen LogP) is 1.56. The number of allylic oxidation sites excluding steroid dienone is 2. The first-order valence-corrected chi connectivity index (χ1v) is 11.9. The fraction of sp³-hybridized carbons (Fsp3) is 0.310. The number of fused-ring (bicyclic) bond motifs is 4. The SMILES string of the molecule is COc1ccc2c(c1OC)C(=O)c1c3c(cc(OC)c1C2=O)[C@@]12O[C@@]1([C@@H](C)O)[C@H](C#C/C=C\C#C[C@H]2O)N3. The van der Waals surface area contributed by atoms with Crippen LogP contribution in [0.5, 0.6) is 17.2 Å². The van der Waals surface area contributed by atoms with Crippen molar-refractivity contribution in [2.45, 2.75) is 36.4 Å². The Kier molecular flexibility index (Phi) is 5.14. The summed E-state index contributed by atoms with van der Waals surface area (Å²) in [4.78, 5) is 28.1. The first kappa shape index (κ1) is 24.1. The fourth-order valence-corrected chi connectivity index (χ4v) is 5.99. The van der Waals surface area contributed by atoms with Crippen molar-refractivity contribution >= 4 is 17.3 Å². The molecule has 0 radical (unpaired) electrons. The Morgan fingerprint density at radius 1 is 0.974 bits per heavy atom. The number of ketones is 2. The number of nitrogens with one attached hydrogen (secondary N) is 1. The largest absolute Gasteiger partial charge is 0.496 e. The van der Waals surface area contributed by atoms with E-state index in [-0.39, 0.29) is 39.4 Å². The van der Waals surface area contributed by atoms with E-state index in [0.717, 1.165) is 0 Å². The topological polar surface area (TPSA) is 127 Å². The molecule has 2 aliphatic carbocycles. The molecule has 3 N–H and O–H groups in total. The zero-order valence-corrected chi connectivity index (χ0v) is 21.0. The molecule has 1 saturated heterocycles. The Balaban J connectivity index is 1.70. The molecule has 4 aliphatic rings. The van der Waals surface area contributed by atoms with Crippen LogP contribution in [0.1, 0.15) is 44.3 Å². The number of hydrogen-bond donors (Lipinski definition) is 3. The monoisotopic (exact) mass is 513 g/mol. The highest BCUT2D eigenvalue weighted by atomic mass is 16.7. The predicted molar refractivity (Wildman–Crippen MR) is 135 cm³/mol. The number of carbonyl (C=O) groups is 2. The van der Waals surface area contributed by atoms with Crippen LogP contribution in [0.15, 0.2) is 30.4 Å². The molecule has 6 rings (SSSR count). The minimum atomic E-state index is -1.55. The molecule has 38 heavy (non-hydrogen) atoms. The van der Waals surface area contributed by atoms with E-state index < -0.39 is 41.0 Å². The Labute approximate surface area is 218 Å². The van der Waals surface area contributed by atoms with Crippen LogP contribution in [0, 0.1) is 23.7 Å². The molecule has 2 aliphatic heterocycles. The molecule has 5 atom stereocenters. The van der Waals surface area contributed by atoms with Crippen LogP contribution < -0.4 is 19.5 Å². The van der Waals surface area contributed by atoms with Crippen LogP contribution in [0.4, 0.5) is 5.69 Å². The maximum Gasteiger partial charge on any atom is 0.200 e. The van der Waals surface area contributed by atoms with Gasteiger partial charge >= 0.3 is 0 Å². The lowest BCUT2D eigenvalue weighted by molar-refractivity contribution is 0.0867. The number of methoxy groups -OCH3 is 3. The van der Waals surface area contributed by atoms with Gasteiger partial charge in [0.2, 0.25) is 5.78 Å². The van der Waals surface area contributed by atoms with Crippen molar-refractivity contribution in [1.82, 2.24) is 0 Å². The number of aliphatic hydroxyl groups is 2. The molecule has 9 heteroatoms. The first-order valence-electron chi connectivity index (χ1n) is 11.9. The van der Waals surface area contributed by atoms with Gasteiger partial charge in [0.05, 0.1) is 49.8 Å². The average Bonchev–Trinajstić information content (AvgIpc) is 3.65. The molecule has 2 bridgehead atoms. The Morgan fingerprint density at radius 2 is 1.68 bits per heavy atom. The van der Waals surface area contributed by atoms with E-state index in [1.807, 2.05) is 0 Å². The maximum absolute atomic E-state index is 14.2. The molecular formula is C29H23NO8. The van der Waals surface area contributed by atoms with Gasteiger partial charge < -0.3 is 34.5 Å². The lowest BCUT2D eigenvalue weighted by Gasteiger charge is -2.38. The number of epoxide rings is 1. The highest BCUT2D eigenvalue weighted by molar-refractivity contribution is 6.32. The molecule has 192 valence electrons. The van der Waals surface area contributed by atoms with Crippen molar-refractivity contribution < 1.29 is 38.7 Å². The second-order valence-electron chi connectivity index (χ2n) is 9.33. The van der Waals surface area contributed by atoms with E-state index in [1.54, 1.807) is 19.1 Å². The number of rotatable bonds is 4. The minimum Gasteiger partial charge on any atom is -0.496 e. The Morgan fingerprint density at radius 3 is 2.34 bits per heavy atom. The van der Waals surface area contributed by atoms with Gasteiger partial charge in [0.15, 0.2) is 34.6 Å². The fourth-order valence-electron chi connectivity index (χ4n) is 5.99. The van der Waals surface area contributed by atoms with Gasteiger partial charge in [-0.05, 0) is 37.3 Å². The molecule has 1 fully saturated rings. The number of benzene rings is 2. The van der Waals surface area contributed by atoms with Gasteiger partial charge in [0, 0.05) is 11.1 Å². The van der Waals surface area contributed by atoms with E-state index in [0.29, 0.717) is 11.3 Å². The number of carbonyl (C=O) groups excluding carboxylic acids is 2. The highest BCUT2D eigenvalue weighted by Crippen LogP contribution is 2.67. The van der Waals surface area contributed by atoms with Crippen molar-refractivity contribution in [1.29, 1.82) is 0 Å². The summed E-state index contributed by atoms with van der Waals surface area (Å²) in [7, 11) is 4.21. The van der Waals surface area contributed by atoms with Crippen molar-refractivity contribution in [2.24, 2.45) is 0 Å². The van der Waals surface area contributed by atoms with Gasteiger partial charge in [-0.3, -0.25) is 9.59 Å². The van der Waals surface area contributed by atoms with Gasteiger partial charge in [-0.25, -0.2) is 0 Å². The Hall–Kier alpha value is -4.28. The molecule has 2 aromatic carbocycles. The lowest BCUT2D eigenvalue weighted by Crippen LogP contribution is -2.55. The van der Waals surface area contributed by atoms with E-state index >= 15 is 0 Å². The molecule has 0 unspecified atom stereocenters. The van der Waals surface area contributed by atoms with Crippen molar-refractivity contribution in [3.63, 3.8) is 0 Å². The van der Waals surface area contributed by atoms with Crippen LogP contribution in [-0.2, 0) is 10.3 Å². The summed E-state index contributed by atoms with van der Waals surface area (Å²) in [5, 5.41) is 25.5. The maximum atomic E-state index is 14.2.